The lowest BCUT2D eigenvalue weighted by Crippen LogP contribution is -2.07. The van der Waals surface area contributed by atoms with E-state index in [0.717, 1.165) is 22.6 Å². The fourth-order valence-electron chi connectivity index (χ4n) is 0.935. The Kier molecular flexibility index (Phi) is 4.59. The van der Waals surface area contributed by atoms with E-state index in [9.17, 15) is 0 Å². The van der Waals surface area contributed by atoms with Crippen LogP contribution in [-0.4, -0.2) is 23.0 Å². The molecule has 1 unspecified atom stereocenters. The summed E-state index contributed by atoms with van der Waals surface area (Å²) in [5.41, 5.74) is 1.10. The van der Waals surface area contributed by atoms with Crippen molar-refractivity contribution in [3.63, 3.8) is 0 Å². The highest BCUT2D eigenvalue weighted by molar-refractivity contribution is 7.99. The van der Waals surface area contributed by atoms with Crippen molar-refractivity contribution in [2.45, 2.75) is 25.5 Å². The second kappa shape index (κ2) is 5.50. The minimum absolute atomic E-state index is 0.730. The number of hydrogen-bond donors (Lipinski definition) is 1. The van der Waals surface area contributed by atoms with Gasteiger partial charge in [0.15, 0.2) is 5.13 Å². The largest absolute Gasteiger partial charge is 0.361 e. The first kappa shape index (κ1) is 10.9. The fraction of sp³-hybridized carbons (Fsp3) is 0.667. The number of nitrogens with one attached hydrogen (secondary N) is 1. The van der Waals surface area contributed by atoms with Gasteiger partial charge in [0.05, 0.1) is 5.69 Å². The third-order valence-electron chi connectivity index (χ3n) is 1.85. The number of thiazole rings is 1. The van der Waals surface area contributed by atoms with Crippen LogP contribution < -0.4 is 5.32 Å². The van der Waals surface area contributed by atoms with Crippen molar-refractivity contribution in [2.75, 3.05) is 18.1 Å². The Morgan fingerprint density at radius 2 is 2.46 bits per heavy atom. The number of aromatic nitrogens is 1. The third kappa shape index (κ3) is 4.00. The molecule has 0 amide bonds. The first-order valence-electron chi connectivity index (χ1n) is 4.41. The highest BCUT2D eigenvalue weighted by atomic mass is 32.2. The van der Waals surface area contributed by atoms with E-state index in [-0.39, 0.29) is 0 Å². The molecular formula is C9H16N2S2. The third-order valence-corrected chi connectivity index (χ3v) is 3.81. The molecule has 0 bridgehead atoms. The smallest absolute Gasteiger partial charge is 0.182 e. The lowest BCUT2D eigenvalue weighted by atomic mass is 10.3. The van der Waals surface area contributed by atoms with E-state index >= 15 is 0 Å². The van der Waals surface area contributed by atoms with Gasteiger partial charge in [-0.25, -0.2) is 4.98 Å². The average molecular weight is 216 g/mol. The minimum Gasteiger partial charge on any atom is -0.361 e. The molecule has 0 spiro atoms. The first-order valence-corrected chi connectivity index (χ1v) is 6.58. The summed E-state index contributed by atoms with van der Waals surface area (Å²) in [5, 5.41) is 7.17. The summed E-state index contributed by atoms with van der Waals surface area (Å²) in [4.78, 5) is 4.33. The number of hydrogen-bond acceptors (Lipinski definition) is 4. The van der Waals surface area contributed by atoms with E-state index in [4.69, 9.17) is 0 Å². The molecule has 0 saturated heterocycles. The van der Waals surface area contributed by atoms with Crippen molar-refractivity contribution in [3.05, 3.63) is 11.1 Å². The number of rotatable bonds is 5. The van der Waals surface area contributed by atoms with E-state index < -0.39 is 0 Å². The van der Waals surface area contributed by atoms with Gasteiger partial charge in [-0.1, -0.05) is 6.92 Å². The Morgan fingerprint density at radius 1 is 1.69 bits per heavy atom. The van der Waals surface area contributed by atoms with Gasteiger partial charge in [-0.3, -0.25) is 0 Å². The van der Waals surface area contributed by atoms with Gasteiger partial charge in [0.2, 0.25) is 0 Å². The van der Waals surface area contributed by atoms with Gasteiger partial charge < -0.3 is 5.32 Å². The Hall–Kier alpha value is -0.220. The summed E-state index contributed by atoms with van der Waals surface area (Å²) >= 11 is 3.59. The molecule has 1 aromatic rings. The normalized spacial score (nSPS) is 12.8. The second-order valence-corrected chi connectivity index (χ2v) is 5.19. The molecule has 1 heterocycles. The van der Waals surface area contributed by atoms with Crippen LogP contribution in [0.25, 0.3) is 0 Å². The maximum absolute atomic E-state index is 4.33. The van der Waals surface area contributed by atoms with Gasteiger partial charge in [0.25, 0.3) is 0 Å². The van der Waals surface area contributed by atoms with E-state index in [0.29, 0.717) is 0 Å². The van der Waals surface area contributed by atoms with Crippen molar-refractivity contribution in [1.29, 1.82) is 0 Å². The summed E-state index contributed by atoms with van der Waals surface area (Å²) in [6.45, 7) is 5.29. The SMILES string of the molecule is CSC(C)CCNc1nc(C)cs1. The van der Waals surface area contributed by atoms with Crippen molar-refractivity contribution in [1.82, 2.24) is 4.98 Å². The molecule has 0 saturated carbocycles. The van der Waals surface area contributed by atoms with Gasteiger partial charge in [-0.15, -0.1) is 11.3 Å². The quantitative estimate of drug-likeness (QED) is 0.819. The zero-order chi connectivity index (χ0) is 9.68. The lowest BCUT2D eigenvalue weighted by molar-refractivity contribution is 0.852. The predicted molar refractivity (Wildman–Crippen MR) is 62.9 cm³/mol. The van der Waals surface area contributed by atoms with Gasteiger partial charge in [0, 0.05) is 17.2 Å². The average Bonchev–Trinajstić information content (AvgIpc) is 2.51. The highest BCUT2D eigenvalue weighted by Gasteiger charge is 2.00. The minimum atomic E-state index is 0.730. The second-order valence-electron chi connectivity index (χ2n) is 3.06. The zero-order valence-electron chi connectivity index (χ0n) is 8.33. The molecule has 0 radical (unpaired) electrons. The predicted octanol–water partition coefficient (Wildman–Crippen LogP) is 3.01. The van der Waals surface area contributed by atoms with Crippen molar-refractivity contribution < 1.29 is 0 Å². The van der Waals surface area contributed by atoms with Crippen LogP contribution in [0, 0.1) is 6.92 Å². The van der Waals surface area contributed by atoms with Crippen molar-refractivity contribution >= 4 is 28.2 Å². The summed E-state index contributed by atoms with van der Waals surface area (Å²) < 4.78 is 0. The van der Waals surface area contributed by atoms with Crippen LogP contribution in [0.1, 0.15) is 19.0 Å². The molecule has 0 aromatic carbocycles. The summed E-state index contributed by atoms with van der Waals surface area (Å²) in [7, 11) is 0. The molecule has 1 aromatic heterocycles. The Bertz CT molecular complexity index is 248. The van der Waals surface area contributed by atoms with Crippen LogP contribution in [0.5, 0.6) is 0 Å². The summed E-state index contributed by atoms with van der Waals surface area (Å²) in [6, 6.07) is 0. The molecule has 1 atom stereocenters. The molecule has 1 rings (SSSR count). The first-order chi connectivity index (χ1) is 6.22. The van der Waals surface area contributed by atoms with Gasteiger partial charge in [-0.2, -0.15) is 11.8 Å². The number of aryl methyl sites for hydroxylation is 1. The Balaban J connectivity index is 2.20. The molecule has 13 heavy (non-hydrogen) atoms. The maximum atomic E-state index is 4.33. The molecule has 0 aliphatic heterocycles. The van der Waals surface area contributed by atoms with Crippen molar-refractivity contribution in [2.24, 2.45) is 0 Å². The van der Waals surface area contributed by atoms with Gasteiger partial charge >= 0.3 is 0 Å². The standard InChI is InChI=1S/C9H16N2S2/c1-7-6-13-9(11-7)10-5-4-8(2)12-3/h6,8H,4-5H2,1-3H3,(H,10,11). The maximum Gasteiger partial charge on any atom is 0.182 e. The van der Waals surface area contributed by atoms with Gasteiger partial charge in [0.1, 0.15) is 0 Å². The summed E-state index contributed by atoms with van der Waals surface area (Å²) in [6.07, 6.45) is 3.35. The van der Waals surface area contributed by atoms with Gasteiger partial charge in [-0.05, 0) is 19.6 Å². The lowest BCUT2D eigenvalue weighted by Gasteiger charge is -2.07. The zero-order valence-corrected chi connectivity index (χ0v) is 9.97. The number of anilines is 1. The topological polar surface area (TPSA) is 24.9 Å². The molecule has 0 aliphatic rings. The van der Waals surface area contributed by atoms with E-state index in [2.05, 4.69) is 28.9 Å². The van der Waals surface area contributed by atoms with Crippen LogP contribution in [0.15, 0.2) is 5.38 Å². The monoisotopic (exact) mass is 216 g/mol. The summed E-state index contributed by atoms with van der Waals surface area (Å²) in [5.74, 6) is 0. The van der Waals surface area contributed by atoms with E-state index in [1.807, 2.05) is 18.7 Å². The molecular weight excluding hydrogens is 200 g/mol. The van der Waals surface area contributed by atoms with Crippen molar-refractivity contribution in [3.8, 4) is 0 Å². The Morgan fingerprint density at radius 3 is 3.00 bits per heavy atom. The van der Waals surface area contributed by atoms with E-state index in [1.165, 1.54) is 6.42 Å². The van der Waals surface area contributed by atoms with Crippen LogP contribution in [0.3, 0.4) is 0 Å². The van der Waals surface area contributed by atoms with Crippen LogP contribution in [-0.2, 0) is 0 Å². The van der Waals surface area contributed by atoms with E-state index in [1.54, 1.807) is 11.3 Å². The number of nitrogens with zero attached hydrogens (tertiary/aromatic N) is 1. The fourth-order valence-corrected chi connectivity index (χ4v) is 2.01. The molecule has 4 heteroatoms. The van der Waals surface area contributed by atoms with Crippen LogP contribution >= 0.6 is 23.1 Å². The molecule has 0 aliphatic carbocycles. The number of thioether (sulfide) groups is 1. The highest BCUT2D eigenvalue weighted by Crippen LogP contribution is 2.15. The Labute approximate surface area is 88.2 Å². The molecule has 0 fully saturated rings. The molecule has 74 valence electrons. The molecule has 2 nitrogen and oxygen atoms in total. The van der Waals surface area contributed by atoms with Crippen LogP contribution in [0.2, 0.25) is 0 Å². The molecule has 1 N–H and O–H groups in total. The van der Waals surface area contributed by atoms with Crippen LogP contribution in [0.4, 0.5) is 5.13 Å².